The zero-order valence-electron chi connectivity index (χ0n) is 21.6. The summed E-state index contributed by atoms with van der Waals surface area (Å²) in [6.45, 7) is 4.63. The molecule has 0 aliphatic carbocycles. The number of amides is 1. The topological polar surface area (TPSA) is 107 Å². The monoisotopic (exact) mass is 557 g/mol. The van der Waals surface area contributed by atoms with Crippen molar-refractivity contribution in [3.8, 4) is 0 Å². The lowest BCUT2D eigenvalue weighted by atomic mass is 9.95. The molecule has 3 heterocycles. The molecule has 5 rings (SSSR count). The summed E-state index contributed by atoms with van der Waals surface area (Å²) >= 11 is 0. The zero-order valence-corrected chi connectivity index (χ0v) is 22.4. The van der Waals surface area contributed by atoms with E-state index in [0.29, 0.717) is 39.3 Å². The summed E-state index contributed by atoms with van der Waals surface area (Å²) in [6.07, 6.45) is 2.17. The Balaban J connectivity index is 1.46. The van der Waals surface area contributed by atoms with Gasteiger partial charge in [0.15, 0.2) is 0 Å². The Morgan fingerprint density at radius 2 is 1.62 bits per heavy atom. The lowest BCUT2D eigenvalue weighted by Gasteiger charge is -2.29. The molecule has 3 fully saturated rings. The largest absolute Gasteiger partial charge is 0.507 e. The first-order valence-electron chi connectivity index (χ1n) is 13.2. The molecule has 11 heteroatoms. The predicted molar refractivity (Wildman–Crippen MR) is 142 cm³/mol. The van der Waals surface area contributed by atoms with E-state index in [4.69, 9.17) is 4.74 Å². The molecule has 0 bridgehead atoms. The maximum Gasteiger partial charge on any atom is 0.295 e. The molecule has 1 amide bonds. The summed E-state index contributed by atoms with van der Waals surface area (Å²) in [7, 11) is -3.66. The molecule has 208 valence electrons. The van der Waals surface area contributed by atoms with Gasteiger partial charge in [-0.1, -0.05) is 18.2 Å². The maximum absolute atomic E-state index is 15.0. The molecule has 0 aromatic heterocycles. The fourth-order valence-electron chi connectivity index (χ4n) is 5.44. The van der Waals surface area contributed by atoms with Gasteiger partial charge in [0, 0.05) is 50.4 Å². The van der Waals surface area contributed by atoms with Gasteiger partial charge < -0.3 is 14.7 Å². The van der Waals surface area contributed by atoms with Crippen LogP contribution in [0.1, 0.15) is 36.4 Å². The number of carbonyl (C=O) groups is 2. The number of carbonyl (C=O) groups excluding carboxylic acids is 2. The first-order chi connectivity index (χ1) is 18.8. The van der Waals surface area contributed by atoms with Crippen molar-refractivity contribution in [1.82, 2.24) is 14.1 Å². The van der Waals surface area contributed by atoms with E-state index in [2.05, 4.69) is 4.90 Å². The van der Waals surface area contributed by atoms with Crippen LogP contribution in [0.15, 0.2) is 59.0 Å². The summed E-state index contributed by atoms with van der Waals surface area (Å²) in [6, 6.07) is 10.3. The molecule has 0 unspecified atom stereocenters. The van der Waals surface area contributed by atoms with E-state index in [1.54, 1.807) is 6.07 Å². The average Bonchev–Trinajstić information content (AvgIpc) is 3.58. The number of sulfonamides is 1. The molecule has 9 nitrogen and oxygen atoms in total. The second kappa shape index (κ2) is 11.5. The molecule has 39 heavy (non-hydrogen) atoms. The Bertz CT molecular complexity index is 1370. The number of morpholine rings is 1. The van der Waals surface area contributed by atoms with Crippen LogP contribution in [-0.4, -0.2) is 91.8 Å². The first-order valence-corrected chi connectivity index (χ1v) is 14.7. The van der Waals surface area contributed by atoms with Crippen molar-refractivity contribution in [1.29, 1.82) is 0 Å². The summed E-state index contributed by atoms with van der Waals surface area (Å²) in [5, 5.41) is 11.3. The highest BCUT2D eigenvalue weighted by Gasteiger charge is 2.46. The summed E-state index contributed by atoms with van der Waals surface area (Å²) in [5.74, 6) is -2.77. The van der Waals surface area contributed by atoms with Gasteiger partial charge in [0.1, 0.15) is 11.6 Å². The van der Waals surface area contributed by atoms with Crippen LogP contribution in [0.25, 0.3) is 5.76 Å². The SMILES string of the molecule is O=C1C(=O)N(CCCN2CCOCC2)[C@H](c2ccccc2F)C1=C(O)c1ccc(S(=O)(=O)N2CCCC2)cc1. The van der Waals surface area contributed by atoms with Crippen LogP contribution < -0.4 is 0 Å². The van der Waals surface area contributed by atoms with Crippen LogP contribution in [0.5, 0.6) is 0 Å². The number of ether oxygens (including phenoxy) is 1. The zero-order chi connectivity index (χ0) is 27.6. The third-order valence-electron chi connectivity index (χ3n) is 7.55. The highest BCUT2D eigenvalue weighted by molar-refractivity contribution is 7.89. The van der Waals surface area contributed by atoms with Crippen molar-refractivity contribution in [2.75, 3.05) is 52.5 Å². The number of hydrogen-bond acceptors (Lipinski definition) is 7. The number of halogens is 1. The molecule has 0 radical (unpaired) electrons. The third-order valence-corrected chi connectivity index (χ3v) is 9.46. The minimum Gasteiger partial charge on any atom is -0.507 e. The molecular formula is C28H32FN3O6S. The van der Waals surface area contributed by atoms with E-state index in [1.807, 2.05) is 0 Å². The van der Waals surface area contributed by atoms with E-state index in [-0.39, 0.29) is 28.1 Å². The van der Waals surface area contributed by atoms with Crippen molar-refractivity contribution >= 4 is 27.5 Å². The molecular weight excluding hydrogens is 525 g/mol. The number of hydrogen-bond donors (Lipinski definition) is 1. The van der Waals surface area contributed by atoms with Gasteiger partial charge >= 0.3 is 0 Å². The highest BCUT2D eigenvalue weighted by atomic mass is 32.2. The fraction of sp³-hybridized carbons (Fsp3) is 0.429. The smallest absolute Gasteiger partial charge is 0.295 e. The van der Waals surface area contributed by atoms with Crippen LogP contribution >= 0.6 is 0 Å². The Hall–Kier alpha value is -3.12. The molecule has 1 N–H and O–H groups in total. The molecule has 1 atom stereocenters. The van der Waals surface area contributed by atoms with E-state index >= 15 is 4.39 Å². The van der Waals surface area contributed by atoms with Crippen molar-refractivity contribution in [2.45, 2.75) is 30.2 Å². The molecule has 2 aromatic carbocycles. The van der Waals surface area contributed by atoms with Crippen LogP contribution in [0.2, 0.25) is 0 Å². The maximum atomic E-state index is 15.0. The average molecular weight is 558 g/mol. The Labute approximate surface area is 227 Å². The Morgan fingerprint density at radius 3 is 2.28 bits per heavy atom. The summed E-state index contributed by atoms with van der Waals surface area (Å²) < 4.78 is 47.6. The number of aliphatic hydroxyl groups excluding tert-OH is 1. The number of benzene rings is 2. The molecule has 3 aliphatic heterocycles. The molecule has 0 saturated carbocycles. The fourth-order valence-corrected chi connectivity index (χ4v) is 6.96. The van der Waals surface area contributed by atoms with E-state index in [9.17, 15) is 23.1 Å². The van der Waals surface area contributed by atoms with Gasteiger partial charge in [-0.15, -0.1) is 0 Å². The third kappa shape index (κ3) is 5.49. The van der Waals surface area contributed by atoms with E-state index < -0.39 is 39.3 Å². The van der Waals surface area contributed by atoms with Gasteiger partial charge in [-0.2, -0.15) is 4.31 Å². The van der Waals surface area contributed by atoms with Gasteiger partial charge in [-0.05, 0) is 49.6 Å². The predicted octanol–water partition coefficient (Wildman–Crippen LogP) is 2.75. The molecule has 3 saturated heterocycles. The normalized spacial score (nSPS) is 22.6. The van der Waals surface area contributed by atoms with Crippen LogP contribution in [0, 0.1) is 5.82 Å². The highest BCUT2D eigenvalue weighted by Crippen LogP contribution is 2.40. The molecule has 0 spiro atoms. The molecule has 3 aliphatic rings. The first kappa shape index (κ1) is 27.4. The number of ketones is 1. The number of aliphatic hydroxyl groups is 1. The lowest BCUT2D eigenvalue weighted by Crippen LogP contribution is -2.39. The minimum atomic E-state index is -3.66. The van der Waals surface area contributed by atoms with Crippen molar-refractivity contribution in [3.63, 3.8) is 0 Å². The van der Waals surface area contributed by atoms with E-state index in [1.165, 1.54) is 51.7 Å². The summed E-state index contributed by atoms with van der Waals surface area (Å²) in [5.41, 5.74) is 0.0625. The quantitative estimate of drug-likeness (QED) is 0.302. The second-order valence-electron chi connectivity index (χ2n) is 9.96. The minimum absolute atomic E-state index is 0.0789. The van der Waals surface area contributed by atoms with Crippen LogP contribution in [-0.2, 0) is 24.3 Å². The summed E-state index contributed by atoms with van der Waals surface area (Å²) in [4.78, 5) is 30.0. The molecule has 2 aromatic rings. The van der Waals surface area contributed by atoms with Crippen molar-refractivity contribution in [2.24, 2.45) is 0 Å². The number of rotatable bonds is 8. The second-order valence-corrected chi connectivity index (χ2v) is 11.9. The number of likely N-dealkylation sites (tertiary alicyclic amines) is 1. The Kier molecular flexibility index (Phi) is 8.13. The standard InChI is InChI=1S/C28H32FN3O6S/c29-23-7-2-1-6-22(23)25-24(27(34)28(35)32(25)15-5-12-30-16-18-38-19-17-30)26(33)20-8-10-21(11-9-20)39(36,37)31-13-3-4-14-31/h1-2,6-11,25,33H,3-5,12-19H2/t25-/m1/s1. The van der Waals surface area contributed by atoms with Gasteiger partial charge in [-0.3, -0.25) is 14.5 Å². The number of Topliss-reactive ketones (excluding diaryl/α,β-unsaturated/α-hetero) is 1. The van der Waals surface area contributed by atoms with E-state index in [0.717, 1.165) is 25.9 Å². The van der Waals surface area contributed by atoms with Gasteiger partial charge in [0.05, 0.1) is 29.7 Å². The Morgan fingerprint density at radius 1 is 0.949 bits per heavy atom. The van der Waals surface area contributed by atoms with Gasteiger partial charge in [0.25, 0.3) is 11.7 Å². The van der Waals surface area contributed by atoms with Crippen molar-refractivity contribution in [3.05, 3.63) is 71.0 Å². The van der Waals surface area contributed by atoms with Crippen LogP contribution in [0.4, 0.5) is 4.39 Å². The van der Waals surface area contributed by atoms with Gasteiger partial charge in [-0.25, -0.2) is 12.8 Å². The van der Waals surface area contributed by atoms with Crippen LogP contribution in [0.3, 0.4) is 0 Å². The number of nitrogens with zero attached hydrogens (tertiary/aromatic N) is 3. The lowest BCUT2D eigenvalue weighted by molar-refractivity contribution is -0.140. The van der Waals surface area contributed by atoms with Crippen molar-refractivity contribution < 1.29 is 32.2 Å². The van der Waals surface area contributed by atoms with Gasteiger partial charge in [0.2, 0.25) is 10.0 Å².